The molecule has 1 aliphatic rings. The number of benzene rings is 2. The molecule has 6 nitrogen and oxygen atoms in total. The van der Waals surface area contributed by atoms with Crippen molar-refractivity contribution < 1.29 is 27.5 Å². The van der Waals surface area contributed by atoms with Gasteiger partial charge in [0.15, 0.2) is 5.58 Å². The molecule has 1 amide bonds. The Hall–Kier alpha value is -3.29. The fourth-order valence-corrected chi connectivity index (χ4v) is 3.84. The predicted molar refractivity (Wildman–Crippen MR) is 109 cm³/mol. The first-order valence-electron chi connectivity index (χ1n) is 10.1. The number of alkyl carbamates (subject to hydrolysis) is 1. The first-order chi connectivity index (χ1) is 14.9. The Labute approximate surface area is 177 Å². The first kappa shape index (κ1) is 21.0. The summed E-state index contributed by atoms with van der Waals surface area (Å²) in [6, 6.07) is 13.3. The number of hydrogen-bond acceptors (Lipinski definition) is 5. The Kier molecular flexibility index (Phi) is 5.97. The Morgan fingerprint density at radius 1 is 1.23 bits per heavy atom. The molecule has 1 atom stereocenters. The minimum absolute atomic E-state index is 0.0817. The van der Waals surface area contributed by atoms with Crippen LogP contribution in [0.4, 0.5) is 13.6 Å². The van der Waals surface area contributed by atoms with E-state index in [1.54, 1.807) is 18.2 Å². The van der Waals surface area contributed by atoms with Crippen molar-refractivity contribution in [2.75, 3.05) is 0 Å². The van der Waals surface area contributed by atoms with Crippen molar-refractivity contribution in [3.05, 3.63) is 65.5 Å². The number of halogens is 2. The van der Waals surface area contributed by atoms with Gasteiger partial charge in [0.25, 0.3) is 0 Å². The van der Waals surface area contributed by atoms with Crippen molar-refractivity contribution in [2.45, 2.75) is 44.3 Å². The minimum atomic E-state index is -2.70. The molecule has 1 aromatic heterocycles. The third-order valence-electron chi connectivity index (χ3n) is 5.55. The van der Waals surface area contributed by atoms with Gasteiger partial charge in [-0.25, -0.2) is 18.6 Å². The number of ether oxygens (including phenoxy) is 1. The highest BCUT2D eigenvalue weighted by Gasteiger charge is 2.40. The van der Waals surface area contributed by atoms with Crippen LogP contribution in [0.1, 0.15) is 53.5 Å². The first-order valence-corrected chi connectivity index (χ1v) is 10.1. The van der Waals surface area contributed by atoms with E-state index in [9.17, 15) is 18.4 Å². The molecule has 3 aromatic rings. The molecule has 1 heterocycles. The second-order valence-electron chi connectivity index (χ2n) is 7.77. The zero-order valence-electron chi connectivity index (χ0n) is 16.7. The lowest BCUT2D eigenvalue weighted by atomic mass is 9.82. The molecule has 4 rings (SSSR count). The number of alkyl halides is 2. The van der Waals surface area contributed by atoms with Gasteiger partial charge in [-0.05, 0) is 42.5 Å². The Morgan fingerprint density at radius 2 is 1.97 bits per heavy atom. The van der Waals surface area contributed by atoms with Gasteiger partial charge in [0, 0.05) is 18.4 Å². The highest BCUT2D eigenvalue weighted by Crippen LogP contribution is 2.41. The molecule has 0 aliphatic heterocycles. The molecule has 31 heavy (non-hydrogen) atoms. The van der Waals surface area contributed by atoms with E-state index in [-0.39, 0.29) is 44.1 Å². The van der Waals surface area contributed by atoms with Crippen molar-refractivity contribution in [1.29, 1.82) is 0 Å². The molecule has 1 saturated carbocycles. The van der Waals surface area contributed by atoms with E-state index in [2.05, 4.69) is 10.3 Å². The molecule has 162 valence electrons. The molecule has 1 N–H and O–H groups in total. The number of oxazole rings is 1. The maximum Gasteiger partial charge on any atom is 0.408 e. The van der Waals surface area contributed by atoms with Crippen LogP contribution in [-0.4, -0.2) is 23.3 Å². The normalized spacial score (nSPS) is 17.2. The number of aromatic nitrogens is 1. The quantitative estimate of drug-likeness (QED) is 0.529. The SMILES string of the molecule is O=Cc1ccc2oc([C@H](NC(=O)OCc3ccccc3)C3CCC(F)(F)CC3)nc2c1. The summed E-state index contributed by atoms with van der Waals surface area (Å²) >= 11 is 0. The summed E-state index contributed by atoms with van der Waals surface area (Å²) in [5.41, 5.74) is 2.18. The lowest BCUT2D eigenvalue weighted by Gasteiger charge is -2.32. The van der Waals surface area contributed by atoms with E-state index in [4.69, 9.17) is 9.15 Å². The standard InChI is InChI=1S/C23H22F2N2O4/c24-23(25)10-8-17(9-11-23)20(27-22(29)30-14-15-4-2-1-3-5-15)21-26-18-12-16(13-28)6-7-19(18)31-21/h1-7,12-13,17,20H,8-11,14H2,(H,27,29)/t20-/m1/s1. The fourth-order valence-electron chi connectivity index (χ4n) is 3.84. The van der Waals surface area contributed by atoms with Crippen molar-refractivity contribution in [3.8, 4) is 0 Å². The number of carbonyl (C=O) groups excluding carboxylic acids is 2. The third kappa shape index (κ3) is 5.07. The van der Waals surface area contributed by atoms with Crippen LogP contribution in [0, 0.1) is 5.92 Å². The van der Waals surface area contributed by atoms with Crippen LogP contribution in [0.25, 0.3) is 11.1 Å². The van der Waals surface area contributed by atoms with E-state index in [1.165, 1.54) is 0 Å². The summed E-state index contributed by atoms with van der Waals surface area (Å²) in [7, 11) is 0. The van der Waals surface area contributed by atoms with Crippen LogP contribution in [-0.2, 0) is 11.3 Å². The number of amides is 1. The average molecular weight is 428 g/mol. The van der Waals surface area contributed by atoms with Crippen molar-refractivity contribution in [3.63, 3.8) is 0 Å². The number of nitrogens with zero attached hydrogens (tertiary/aromatic N) is 1. The van der Waals surface area contributed by atoms with Gasteiger partial charge in [-0.3, -0.25) is 4.79 Å². The van der Waals surface area contributed by atoms with Crippen molar-refractivity contribution in [2.24, 2.45) is 5.92 Å². The van der Waals surface area contributed by atoms with Gasteiger partial charge in [-0.15, -0.1) is 0 Å². The zero-order chi connectivity index (χ0) is 21.8. The maximum absolute atomic E-state index is 13.7. The van der Waals surface area contributed by atoms with Gasteiger partial charge in [0.2, 0.25) is 11.8 Å². The van der Waals surface area contributed by atoms with Crippen LogP contribution in [0.15, 0.2) is 52.9 Å². The van der Waals surface area contributed by atoms with Crippen LogP contribution in [0.3, 0.4) is 0 Å². The Bertz CT molecular complexity index is 1060. The topological polar surface area (TPSA) is 81.4 Å². The molecular weight excluding hydrogens is 406 g/mol. The number of aldehydes is 1. The van der Waals surface area contributed by atoms with E-state index >= 15 is 0 Å². The smallest absolute Gasteiger partial charge is 0.408 e. The highest BCUT2D eigenvalue weighted by molar-refractivity contribution is 5.83. The maximum atomic E-state index is 13.7. The summed E-state index contributed by atoms with van der Waals surface area (Å²) in [4.78, 5) is 27.9. The van der Waals surface area contributed by atoms with Gasteiger partial charge in [-0.1, -0.05) is 30.3 Å². The molecule has 8 heteroatoms. The second-order valence-corrected chi connectivity index (χ2v) is 7.77. The van der Waals surface area contributed by atoms with Crippen LogP contribution < -0.4 is 5.32 Å². The Balaban J connectivity index is 1.54. The van der Waals surface area contributed by atoms with Gasteiger partial charge in [-0.2, -0.15) is 0 Å². The number of hydrogen-bond donors (Lipinski definition) is 1. The number of nitrogens with one attached hydrogen (secondary N) is 1. The van der Waals surface area contributed by atoms with E-state index < -0.39 is 18.1 Å². The van der Waals surface area contributed by atoms with E-state index in [1.807, 2.05) is 30.3 Å². The predicted octanol–water partition coefficient (Wildman–Crippen LogP) is 5.43. The van der Waals surface area contributed by atoms with Crippen LogP contribution in [0.5, 0.6) is 0 Å². The molecular formula is C23H22F2N2O4. The van der Waals surface area contributed by atoms with E-state index in [0.29, 0.717) is 22.9 Å². The molecule has 2 aromatic carbocycles. The largest absolute Gasteiger partial charge is 0.445 e. The lowest BCUT2D eigenvalue weighted by Crippen LogP contribution is -2.37. The molecule has 0 saturated heterocycles. The minimum Gasteiger partial charge on any atom is -0.445 e. The summed E-state index contributed by atoms with van der Waals surface area (Å²) < 4.78 is 38.5. The molecule has 0 bridgehead atoms. The van der Waals surface area contributed by atoms with Gasteiger partial charge in [0.1, 0.15) is 24.5 Å². The molecule has 0 spiro atoms. The molecule has 0 unspecified atom stereocenters. The van der Waals surface area contributed by atoms with Crippen LogP contribution in [0.2, 0.25) is 0 Å². The third-order valence-corrected chi connectivity index (χ3v) is 5.55. The number of rotatable bonds is 6. The van der Waals surface area contributed by atoms with Crippen molar-refractivity contribution >= 4 is 23.5 Å². The molecule has 0 radical (unpaired) electrons. The number of carbonyl (C=O) groups is 2. The second kappa shape index (κ2) is 8.83. The van der Waals surface area contributed by atoms with E-state index in [0.717, 1.165) is 5.56 Å². The fraction of sp³-hybridized carbons (Fsp3) is 0.348. The van der Waals surface area contributed by atoms with Gasteiger partial charge < -0.3 is 14.5 Å². The summed E-state index contributed by atoms with van der Waals surface area (Å²) in [6.07, 6.45) is -0.0612. The monoisotopic (exact) mass is 428 g/mol. The molecule has 1 fully saturated rings. The average Bonchev–Trinajstić information content (AvgIpc) is 3.20. The van der Waals surface area contributed by atoms with Crippen molar-refractivity contribution in [1.82, 2.24) is 10.3 Å². The van der Waals surface area contributed by atoms with Gasteiger partial charge in [0.05, 0.1) is 0 Å². The van der Waals surface area contributed by atoms with Crippen LogP contribution >= 0.6 is 0 Å². The number of fused-ring (bicyclic) bond motifs is 1. The summed E-state index contributed by atoms with van der Waals surface area (Å²) in [5, 5.41) is 2.76. The Morgan fingerprint density at radius 3 is 2.68 bits per heavy atom. The summed E-state index contributed by atoms with van der Waals surface area (Å²) in [6.45, 7) is 0.0817. The van der Waals surface area contributed by atoms with Gasteiger partial charge >= 0.3 is 6.09 Å². The zero-order valence-corrected chi connectivity index (χ0v) is 16.7. The highest BCUT2D eigenvalue weighted by atomic mass is 19.3. The molecule has 1 aliphatic carbocycles. The lowest BCUT2D eigenvalue weighted by molar-refractivity contribution is -0.0505. The summed E-state index contributed by atoms with van der Waals surface area (Å²) in [5.74, 6) is -2.76.